The van der Waals surface area contributed by atoms with Crippen LogP contribution in [0.4, 0.5) is 17.6 Å². The molecule has 0 N–H and O–H groups in total. The van der Waals surface area contributed by atoms with Gasteiger partial charge in [0.25, 0.3) is 0 Å². The van der Waals surface area contributed by atoms with Gasteiger partial charge in [-0.2, -0.15) is 0 Å². The molecule has 0 bridgehead atoms. The summed E-state index contributed by atoms with van der Waals surface area (Å²) in [5, 5.41) is 0. The first kappa shape index (κ1) is 17.7. The van der Waals surface area contributed by atoms with Gasteiger partial charge >= 0.3 is 0 Å². The standard InChI is InChI=1S/C22H14F4/c23-19-11-9-17(21(25)13-19)7-5-15-1-2-16(4-3-15)6-8-18-10-12-20(24)14-22(18)26/h1-14H. The Morgan fingerprint density at radius 2 is 0.846 bits per heavy atom. The fourth-order valence-electron chi connectivity index (χ4n) is 2.36. The lowest BCUT2D eigenvalue weighted by molar-refractivity contribution is 0.581. The average Bonchev–Trinajstić information content (AvgIpc) is 2.61. The molecule has 0 saturated heterocycles. The van der Waals surface area contributed by atoms with Gasteiger partial charge in [0.05, 0.1) is 0 Å². The van der Waals surface area contributed by atoms with Gasteiger partial charge in [-0.1, -0.05) is 48.6 Å². The number of benzene rings is 3. The molecule has 0 spiro atoms. The summed E-state index contributed by atoms with van der Waals surface area (Å²) in [6, 6.07) is 14.1. The fraction of sp³-hybridized carbons (Fsp3) is 0. The number of halogens is 4. The molecule has 0 atom stereocenters. The maximum atomic E-state index is 13.6. The zero-order valence-electron chi connectivity index (χ0n) is 13.6. The lowest BCUT2D eigenvalue weighted by Crippen LogP contribution is -1.84. The Hall–Kier alpha value is -3.14. The highest BCUT2D eigenvalue weighted by atomic mass is 19.1. The van der Waals surface area contributed by atoms with Crippen molar-refractivity contribution in [1.29, 1.82) is 0 Å². The van der Waals surface area contributed by atoms with Crippen LogP contribution in [0.1, 0.15) is 22.3 Å². The molecular weight excluding hydrogens is 340 g/mol. The van der Waals surface area contributed by atoms with Crippen molar-refractivity contribution in [3.05, 3.63) is 106 Å². The third-order valence-electron chi connectivity index (χ3n) is 3.77. The highest BCUT2D eigenvalue weighted by Crippen LogP contribution is 2.16. The zero-order chi connectivity index (χ0) is 18.5. The van der Waals surface area contributed by atoms with Crippen LogP contribution in [-0.2, 0) is 0 Å². The molecule has 3 aromatic rings. The van der Waals surface area contributed by atoms with Crippen LogP contribution in [0.2, 0.25) is 0 Å². The van der Waals surface area contributed by atoms with Crippen molar-refractivity contribution in [3.63, 3.8) is 0 Å². The van der Waals surface area contributed by atoms with Gasteiger partial charge in [-0.25, -0.2) is 17.6 Å². The molecule has 0 saturated carbocycles. The van der Waals surface area contributed by atoms with E-state index in [4.69, 9.17) is 0 Å². The molecule has 0 aromatic heterocycles. The van der Waals surface area contributed by atoms with E-state index in [1.165, 1.54) is 24.3 Å². The molecular formula is C22H14F4. The highest BCUT2D eigenvalue weighted by Gasteiger charge is 2.01. The zero-order valence-corrected chi connectivity index (χ0v) is 13.6. The molecule has 0 aliphatic carbocycles. The molecule has 26 heavy (non-hydrogen) atoms. The summed E-state index contributed by atoms with van der Waals surface area (Å²) < 4.78 is 52.9. The van der Waals surface area contributed by atoms with E-state index < -0.39 is 23.3 Å². The summed E-state index contributed by atoms with van der Waals surface area (Å²) in [4.78, 5) is 0. The minimum atomic E-state index is -0.623. The molecule has 3 rings (SSSR count). The SMILES string of the molecule is Fc1ccc(C=Cc2ccc(C=Cc3ccc(F)cc3F)cc2)c(F)c1. The van der Waals surface area contributed by atoms with Gasteiger partial charge in [-0.3, -0.25) is 0 Å². The summed E-state index contributed by atoms with van der Waals surface area (Å²) in [5.41, 5.74) is 2.25. The van der Waals surface area contributed by atoms with Crippen LogP contribution in [0.25, 0.3) is 24.3 Å². The molecule has 0 heterocycles. The molecule has 130 valence electrons. The van der Waals surface area contributed by atoms with Crippen LogP contribution in [0.15, 0.2) is 60.7 Å². The Morgan fingerprint density at radius 1 is 0.462 bits per heavy atom. The summed E-state index contributed by atoms with van der Waals surface area (Å²) in [7, 11) is 0. The number of rotatable bonds is 4. The Bertz CT molecular complexity index is 889. The third-order valence-corrected chi connectivity index (χ3v) is 3.77. The maximum absolute atomic E-state index is 13.6. The first-order chi connectivity index (χ1) is 12.5. The van der Waals surface area contributed by atoms with Gasteiger partial charge in [0, 0.05) is 23.3 Å². The lowest BCUT2D eigenvalue weighted by Gasteiger charge is -1.99. The van der Waals surface area contributed by atoms with Crippen molar-refractivity contribution in [2.24, 2.45) is 0 Å². The van der Waals surface area contributed by atoms with Crippen LogP contribution in [0.5, 0.6) is 0 Å². The van der Waals surface area contributed by atoms with Crippen molar-refractivity contribution in [2.45, 2.75) is 0 Å². The molecule has 4 heteroatoms. The van der Waals surface area contributed by atoms with E-state index in [0.717, 1.165) is 23.3 Å². The Balaban J connectivity index is 1.72. The second kappa shape index (κ2) is 7.83. The molecule has 0 fully saturated rings. The van der Waals surface area contributed by atoms with Gasteiger partial charge in [0.1, 0.15) is 23.3 Å². The number of hydrogen-bond donors (Lipinski definition) is 0. The Labute approximate surface area is 148 Å². The fourth-order valence-corrected chi connectivity index (χ4v) is 2.36. The average molecular weight is 354 g/mol. The van der Waals surface area contributed by atoms with E-state index >= 15 is 0 Å². The van der Waals surface area contributed by atoms with E-state index in [2.05, 4.69) is 0 Å². The lowest BCUT2D eigenvalue weighted by atomic mass is 10.1. The van der Waals surface area contributed by atoms with E-state index in [1.54, 1.807) is 24.3 Å². The molecule has 0 radical (unpaired) electrons. The van der Waals surface area contributed by atoms with Gasteiger partial charge in [0.15, 0.2) is 0 Å². The summed E-state index contributed by atoms with van der Waals surface area (Å²) in [6.07, 6.45) is 6.55. The summed E-state index contributed by atoms with van der Waals surface area (Å²) in [6.45, 7) is 0. The van der Waals surface area contributed by atoms with Crippen molar-refractivity contribution >= 4 is 24.3 Å². The van der Waals surface area contributed by atoms with Crippen molar-refractivity contribution in [2.75, 3.05) is 0 Å². The predicted molar refractivity (Wildman–Crippen MR) is 97.0 cm³/mol. The highest BCUT2D eigenvalue weighted by molar-refractivity contribution is 5.73. The monoisotopic (exact) mass is 354 g/mol. The van der Waals surface area contributed by atoms with Gasteiger partial charge < -0.3 is 0 Å². The van der Waals surface area contributed by atoms with E-state index in [0.29, 0.717) is 11.1 Å². The van der Waals surface area contributed by atoms with E-state index in [9.17, 15) is 17.6 Å². The molecule has 0 amide bonds. The number of hydrogen-bond acceptors (Lipinski definition) is 0. The minimum absolute atomic E-state index is 0.294. The quantitative estimate of drug-likeness (QED) is 0.366. The normalized spacial score (nSPS) is 11.5. The van der Waals surface area contributed by atoms with Crippen LogP contribution in [-0.4, -0.2) is 0 Å². The molecule has 0 unspecified atom stereocenters. The van der Waals surface area contributed by atoms with Gasteiger partial charge in [-0.15, -0.1) is 0 Å². The first-order valence-electron chi connectivity index (χ1n) is 7.87. The topological polar surface area (TPSA) is 0 Å². The Morgan fingerprint density at radius 3 is 1.19 bits per heavy atom. The van der Waals surface area contributed by atoms with Crippen LogP contribution < -0.4 is 0 Å². The molecule has 0 aliphatic rings. The van der Waals surface area contributed by atoms with Gasteiger partial charge in [0.2, 0.25) is 0 Å². The largest absolute Gasteiger partial charge is 0.207 e. The molecule has 0 aliphatic heterocycles. The van der Waals surface area contributed by atoms with Crippen LogP contribution >= 0.6 is 0 Å². The molecule has 3 aromatic carbocycles. The van der Waals surface area contributed by atoms with Crippen molar-refractivity contribution < 1.29 is 17.6 Å². The third kappa shape index (κ3) is 4.48. The minimum Gasteiger partial charge on any atom is -0.207 e. The van der Waals surface area contributed by atoms with Crippen molar-refractivity contribution in [1.82, 2.24) is 0 Å². The first-order valence-corrected chi connectivity index (χ1v) is 7.87. The second-order valence-corrected chi connectivity index (χ2v) is 5.67. The van der Waals surface area contributed by atoms with E-state index in [-0.39, 0.29) is 0 Å². The van der Waals surface area contributed by atoms with Crippen molar-refractivity contribution in [3.8, 4) is 0 Å². The molecule has 0 nitrogen and oxygen atoms in total. The smallest absolute Gasteiger partial charge is 0.133 e. The maximum Gasteiger partial charge on any atom is 0.133 e. The summed E-state index contributed by atoms with van der Waals surface area (Å²) >= 11 is 0. The van der Waals surface area contributed by atoms with E-state index in [1.807, 2.05) is 24.3 Å². The predicted octanol–water partition coefficient (Wildman–Crippen LogP) is 6.58. The second-order valence-electron chi connectivity index (χ2n) is 5.67. The van der Waals surface area contributed by atoms with Gasteiger partial charge in [-0.05, 0) is 35.4 Å². The summed E-state index contributed by atoms with van der Waals surface area (Å²) in [5.74, 6) is -2.48. The van der Waals surface area contributed by atoms with Crippen LogP contribution in [0.3, 0.4) is 0 Å². The Kier molecular flexibility index (Phi) is 5.32. The van der Waals surface area contributed by atoms with Crippen LogP contribution in [0, 0.1) is 23.3 Å².